The number of anilines is 1. The first-order valence-electron chi connectivity index (χ1n) is 16.5. The van der Waals surface area contributed by atoms with Gasteiger partial charge >= 0.3 is 6.09 Å². The maximum atomic E-state index is 15.2. The summed E-state index contributed by atoms with van der Waals surface area (Å²) in [6.45, 7) is 7.01. The molecule has 5 aromatic rings. The van der Waals surface area contributed by atoms with E-state index < -0.39 is 11.4 Å². The minimum Gasteiger partial charge on any atom is -0.444 e. The summed E-state index contributed by atoms with van der Waals surface area (Å²) in [6, 6.07) is 15.7. The average Bonchev–Trinajstić information content (AvgIpc) is 3.74. The van der Waals surface area contributed by atoms with Gasteiger partial charge in [-0.05, 0) is 50.8 Å². The van der Waals surface area contributed by atoms with Crippen molar-refractivity contribution in [1.82, 2.24) is 29.3 Å². The number of piperazine rings is 1. The molecule has 0 spiro atoms. The number of aromatic nitrogens is 4. The number of nitrogens with zero attached hydrogens (tertiary/aromatic N) is 9. The van der Waals surface area contributed by atoms with E-state index in [1.165, 1.54) is 23.0 Å². The molecular formula is C36H38FN9O2S2. The zero-order valence-electron chi connectivity index (χ0n) is 28.6. The van der Waals surface area contributed by atoms with Crippen molar-refractivity contribution in [3.05, 3.63) is 71.3 Å². The third-order valence-corrected chi connectivity index (χ3v) is 10.9. The molecule has 0 N–H and O–H groups in total. The van der Waals surface area contributed by atoms with Crippen LogP contribution in [-0.4, -0.2) is 86.6 Å². The molecule has 7 rings (SSSR count). The monoisotopic (exact) mass is 711 g/mol. The highest BCUT2D eigenvalue weighted by atomic mass is 32.2. The second kappa shape index (κ2) is 13.5. The molecule has 5 heterocycles. The van der Waals surface area contributed by atoms with Crippen LogP contribution in [0.1, 0.15) is 50.3 Å². The number of hydrogen-bond donors (Lipinski definition) is 0. The molecule has 2 atom stereocenters. The lowest BCUT2D eigenvalue weighted by atomic mass is 10.1. The van der Waals surface area contributed by atoms with Gasteiger partial charge in [-0.3, -0.25) is 0 Å². The van der Waals surface area contributed by atoms with Gasteiger partial charge in [0.2, 0.25) is 5.95 Å². The number of imidazole rings is 1. The zero-order chi connectivity index (χ0) is 35.2. The van der Waals surface area contributed by atoms with Gasteiger partial charge in [0.15, 0.2) is 5.65 Å². The number of aliphatic imine (C=N–C) groups is 1. The summed E-state index contributed by atoms with van der Waals surface area (Å²) in [5.41, 5.74) is 3.03. The largest absolute Gasteiger partial charge is 0.444 e. The van der Waals surface area contributed by atoms with Crippen LogP contribution in [0, 0.1) is 17.1 Å². The topological polar surface area (TPSA) is 116 Å². The molecule has 3 aromatic heterocycles. The second-order valence-corrected chi connectivity index (χ2v) is 15.8. The van der Waals surface area contributed by atoms with Crippen molar-refractivity contribution in [2.75, 3.05) is 32.1 Å². The van der Waals surface area contributed by atoms with E-state index in [0.29, 0.717) is 63.2 Å². The number of nitriles is 1. The van der Waals surface area contributed by atoms with Gasteiger partial charge in [-0.1, -0.05) is 48.2 Å². The van der Waals surface area contributed by atoms with Crippen LogP contribution in [0.5, 0.6) is 0 Å². The predicted molar refractivity (Wildman–Crippen MR) is 196 cm³/mol. The Bertz CT molecular complexity index is 2120. The molecule has 0 unspecified atom stereocenters. The van der Waals surface area contributed by atoms with Crippen molar-refractivity contribution in [2.45, 2.75) is 68.6 Å². The molecule has 50 heavy (non-hydrogen) atoms. The molecule has 2 bridgehead atoms. The molecule has 2 fully saturated rings. The summed E-state index contributed by atoms with van der Waals surface area (Å²) >= 11 is 2.78. The van der Waals surface area contributed by atoms with E-state index in [2.05, 4.69) is 28.1 Å². The third kappa shape index (κ3) is 6.72. The number of likely N-dealkylation sites (tertiary alicyclic amines) is 1. The smallest absolute Gasteiger partial charge is 0.410 e. The van der Waals surface area contributed by atoms with Gasteiger partial charge < -0.3 is 24.0 Å². The lowest BCUT2D eigenvalue weighted by molar-refractivity contribution is 0.0208. The predicted octanol–water partition coefficient (Wildman–Crippen LogP) is 7.20. The van der Waals surface area contributed by atoms with Crippen molar-refractivity contribution in [1.29, 1.82) is 5.26 Å². The molecule has 2 aromatic carbocycles. The maximum absolute atomic E-state index is 15.2. The number of hydrogen-bond acceptors (Lipinski definition) is 10. The standard InChI is InChI=1S/C36H38FN9O2S2/c1-36(2,3)48-35(47)44-17-24-12-13-25(18-44)46(24)34-41-31-29(33(42-34)49-19-22-9-7-6-8-10-22)39-21-45(31)16-23-11-14-27(37)30-28(23)26(15-38)32(50-30)40-20-43(4)5/h6-11,14,20-21,24-25H,12-13,16-19H2,1-5H3/t24-,25+. The van der Waals surface area contributed by atoms with Crippen molar-refractivity contribution < 1.29 is 13.9 Å². The van der Waals surface area contributed by atoms with Gasteiger partial charge in [0, 0.05) is 38.3 Å². The summed E-state index contributed by atoms with van der Waals surface area (Å²) in [7, 11) is 3.68. The van der Waals surface area contributed by atoms with Crippen LogP contribution < -0.4 is 4.90 Å². The Hall–Kier alpha value is -4.74. The molecule has 0 radical (unpaired) electrons. The molecule has 1 amide bonds. The Morgan fingerprint density at radius 1 is 1.16 bits per heavy atom. The molecule has 14 heteroatoms. The van der Waals surface area contributed by atoms with E-state index in [1.54, 1.807) is 35.4 Å². The first kappa shape index (κ1) is 33.7. The first-order valence-corrected chi connectivity index (χ1v) is 18.3. The van der Waals surface area contributed by atoms with Gasteiger partial charge in [-0.25, -0.2) is 24.1 Å². The first-order chi connectivity index (χ1) is 24.0. The summed E-state index contributed by atoms with van der Waals surface area (Å²) in [6.07, 6.45) is 4.88. The highest BCUT2D eigenvalue weighted by Gasteiger charge is 2.44. The van der Waals surface area contributed by atoms with E-state index in [1.807, 2.05) is 62.5 Å². The molecule has 258 valence electrons. The van der Waals surface area contributed by atoms with Crippen molar-refractivity contribution in [3.63, 3.8) is 0 Å². The minimum atomic E-state index is -0.571. The summed E-state index contributed by atoms with van der Waals surface area (Å²) in [5, 5.41) is 12.0. The Labute approximate surface area is 298 Å². The Morgan fingerprint density at radius 2 is 1.90 bits per heavy atom. The third-order valence-electron chi connectivity index (χ3n) is 8.72. The minimum absolute atomic E-state index is 0.0453. The van der Waals surface area contributed by atoms with Crippen LogP contribution in [0.3, 0.4) is 0 Å². The Morgan fingerprint density at radius 3 is 2.58 bits per heavy atom. The Kier molecular flexibility index (Phi) is 9.13. The number of carbonyl (C=O) groups excluding carboxylic acids is 1. The number of carbonyl (C=O) groups is 1. The van der Waals surface area contributed by atoms with Crippen LogP contribution in [0.4, 0.5) is 20.1 Å². The van der Waals surface area contributed by atoms with E-state index in [4.69, 9.17) is 19.7 Å². The van der Waals surface area contributed by atoms with E-state index in [-0.39, 0.29) is 18.2 Å². The van der Waals surface area contributed by atoms with Gasteiger partial charge in [0.05, 0.1) is 41.6 Å². The molecule has 2 saturated heterocycles. The molecule has 11 nitrogen and oxygen atoms in total. The van der Waals surface area contributed by atoms with Gasteiger partial charge in [0.25, 0.3) is 0 Å². The molecule has 2 aliphatic rings. The van der Waals surface area contributed by atoms with Crippen molar-refractivity contribution in [3.8, 4) is 6.07 Å². The van der Waals surface area contributed by atoms with Gasteiger partial charge in [0.1, 0.15) is 33.0 Å². The molecule has 0 aliphatic carbocycles. The quantitative estimate of drug-likeness (QED) is 0.0713. The number of ether oxygens (including phenoxy) is 1. The van der Waals surface area contributed by atoms with Crippen molar-refractivity contribution in [2.24, 2.45) is 4.99 Å². The highest BCUT2D eigenvalue weighted by molar-refractivity contribution is 7.98. The fraction of sp³-hybridized carbons (Fsp3) is 0.389. The Balaban J connectivity index is 1.28. The molecular weight excluding hydrogens is 674 g/mol. The van der Waals surface area contributed by atoms with Crippen LogP contribution >= 0.6 is 23.1 Å². The maximum Gasteiger partial charge on any atom is 0.410 e. The summed E-state index contributed by atoms with van der Waals surface area (Å²) in [5.74, 6) is 0.912. The SMILES string of the molecule is CN(C)C=Nc1sc2c(F)ccc(Cn3cnc4c(SCc5ccccc5)nc(N5[C@@H]6CC[C@H]5CN(C(=O)OC(C)(C)C)C6)nc43)c2c1C#N. The van der Waals surface area contributed by atoms with Crippen LogP contribution in [0.25, 0.3) is 21.3 Å². The van der Waals surface area contributed by atoms with Gasteiger partial charge in [-0.2, -0.15) is 10.2 Å². The number of fused-ring (bicyclic) bond motifs is 4. The number of benzene rings is 2. The van der Waals surface area contributed by atoms with E-state index in [9.17, 15) is 10.1 Å². The fourth-order valence-corrected chi connectivity index (χ4v) is 8.54. The van der Waals surface area contributed by atoms with Crippen LogP contribution in [0.15, 0.2) is 58.8 Å². The number of halogens is 1. The van der Waals surface area contributed by atoms with E-state index >= 15 is 4.39 Å². The average molecular weight is 712 g/mol. The molecule has 0 saturated carbocycles. The lowest BCUT2D eigenvalue weighted by Crippen LogP contribution is -2.56. The number of thioether (sulfide) groups is 1. The van der Waals surface area contributed by atoms with Gasteiger partial charge in [-0.15, -0.1) is 11.3 Å². The van der Waals surface area contributed by atoms with Crippen LogP contribution in [-0.2, 0) is 17.0 Å². The number of thiophene rings is 1. The van der Waals surface area contributed by atoms with E-state index in [0.717, 1.165) is 23.4 Å². The number of rotatable bonds is 8. The highest BCUT2D eigenvalue weighted by Crippen LogP contribution is 2.41. The second-order valence-electron chi connectivity index (χ2n) is 13.8. The fourth-order valence-electron chi connectivity index (χ4n) is 6.57. The van der Waals surface area contributed by atoms with Crippen molar-refractivity contribution >= 4 is 67.7 Å². The normalized spacial score (nSPS) is 17.6. The zero-order valence-corrected chi connectivity index (χ0v) is 30.3. The summed E-state index contributed by atoms with van der Waals surface area (Å²) < 4.78 is 23.2. The lowest BCUT2D eigenvalue weighted by Gasteiger charge is -2.41. The van der Waals surface area contributed by atoms with Crippen LogP contribution in [0.2, 0.25) is 0 Å². The summed E-state index contributed by atoms with van der Waals surface area (Å²) in [4.78, 5) is 38.4. The molecule has 2 aliphatic heterocycles. The number of amides is 1.